The number of carbonyl (C=O) groups excluding carboxylic acids is 1. The van der Waals surface area contributed by atoms with Gasteiger partial charge in [0.25, 0.3) is 5.91 Å². The molecule has 35 heavy (non-hydrogen) atoms. The maximum Gasteiger partial charge on any atom is 0.351 e. The number of rotatable bonds is 7. The van der Waals surface area contributed by atoms with Crippen LogP contribution in [0.1, 0.15) is 44.3 Å². The zero-order valence-corrected chi connectivity index (χ0v) is 20.3. The summed E-state index contributed by atoms with van der Waals surface area (Å²) in [6.07, 6.45) is -2.86. The molecule has 1 fully saturated rings. The lowest BCUT2D eigenvalue weighted by Crippen LogP contribution is -2.48. The minimum absolute atomic E-state index is 0.0106. The number of ether oxygens (including phenoxy) is 1. The second-order valence-corrected chi connectivity index (χ2v) is 8.96. The Morgan fingerprint density at radius 2 is 1.89 bits per heavy atom. The summed E-state index contributed by atoms with van der Waals surface area (Å²) < 4.78 is 6.60. The normalized spacial score (nSPS) is 24.0. The first-order valence-electron chi connectivity index (χ1n) is 11.5. The quantitative estimate of drug-likeness (QED) is 0.420. The van der Waals surface area contributed by atoms with E-state index in [4.69, 9.17) is 4.74 Å². The molecule has 1 aromatic carbocycles. The summed E-state index contributed by atoms with van der Waals surface area (Å²) in [5, 5.41) is 34.1. The molecule has 0 spiro atoms. The molecule has 0 aliphatic carbocycles. The molecule has 1 amide bonds. The van der Waals surface area contributed by atoms with Gasteiger partial charge >= 0.3 is 5.69 Å². The number of aliphatic hydroxyl groups is 3. The van der Waals surface area contributed by atoms with Gasteiger partial charge in [0, 0.05) is 23.8 Å². The maximum absolute atomic E-state index is 12.8. The van der Waals surface area contributed by atoms with Gasteiger partial charge in [-0.2, -0.15) is 4.98 Å². The molecule has 0 saturated carbocycles. The van der Waals surface area contributed by atoms with E-state index in [2.05, 4.69) is 27.0 Å². The maximum atomic E-state index is 12.8. The molecular formula is C25H32N4O6. The van der Waals surface area contributed by atoms with Crippen molar-refractivity contribution in [2.45, 2.75) is 63.8 Å². The number of aromatic nitrogens is 2. The average Bonchev–Trinajstić information content (AvgIpc) is 3.07. The van der Waals surface area contributed by atoms with E-state index in [1.807, 2.05) is 27.7 Å². The number of aliphatic hydroxyl groups excluding tert-OH is 2. The first kappa shape index (κ1) is 26.5. The van der Waals surface area contributed by atoms with E-state index in [0.717, 1.165) is 4.57 Å². The van der Waals surface area contributed by atoms with E-state index < -0.39 is 42.2 Å². The van der Waals surface area contributed by atoms with Crippen LogP contribution in [0, 0.1) is 11.8 Å². The molecule has 1 aromatic heterocycles. The smallest absolute Gasteiger partial charge is 0.351 e. The lowest BCUT2D eigenvalue weighted by atomic mass is 9.94. The molecule has 2 aromatic rings. The Kier molecular flexibility index (Phi) is 8.43. The monoisotopic (exact) mass is 484 g/mol. The molecule has 10 heteroatoms. The summed E-state index contributed by atoms with van der Waals surface area (Å²) in [5.74, 6) is 5.14. The largest absolute Gasteiger partial charge is 0.394 e. The molecule has 0 radical (unpaired) electrons. The van der Waals surface area contributed by atoms with Crippen LogP contribution in [0.15, 0.2) is 47.4 Å². The number of benzene rings is 1. The highest BCUT2D eigenvalue weighted by Crippen LogP contribution is 2.37. The van der Waals surface area contributed by atoms with Gasteiger partial charge in [-0.25, -0.2) is 4.79 Å². The van der Waals surface area contributed by atoms with E-state index in [1.165, 1.54) is 12.3 Å². The zero-order valence-electron chi connectivity index (χ0n) is 20.3. The predicted molar refractivity (Wildman–Crippen MR) is 130 cm³/mol. The summed E-state index contributed by atoms with van der Waals surface area (Å²) in [6, 6.07) is 10.2. The van der Waals surface area contributed by atoms with Crippen molar-refractivity contribution in [2.24, 2.45) is 0 Å². The van der Waals surface area contributed by atoms with Crippen molar-refractivity contribution in [3.63, 3.8) is 0 Å². The van der Waals surface area contributed by atoms with E-state index in [-0.39, 0.29) is 17.9 Å². The van der Waals surface area contributed by atoms with Gasteiger partial charge < -0.3 is 25.4 Å². The van der Waals surface area contributed by atoms with Crippen LogP contribution in [-0.4, -0.2) is 78.7 Å². The van der Waals surface area contributed by atoms with Gasteiger partial charge in [0.2, 0.25) is 0 Å². The number of anilines is 1. The van der Waals surface area contributed by atoms with Crippen LogP contribution in [0.4, 0.5) is 5.82 Å². The lowest BCUT2D eigenvalue weighted by Gasteiger charge is -2.29. The van der Waals surface area contributed by atoms with Crippen LogP contribution in [0.25, 0.3) is 0 Å². The van der Waals surface area contributed by atoms with Crippen LogP contribution in [0.5, 0.6) is 0 Å². The number of amides is 1. The van der Waals surface area contributed by atoms with Gasteiger partial charge in [-0.3, -0.25) is 14.3 Å². The zero-order chi connectivity index (χ0) is 25.8. The third kappa shape index (κ3) is 5.78. The third-order valence-electron chi connectivity index (χ3n) is 5.90. The molecule has 0 bridgehead atoms. The van der Waals surface area contributed by atoms with Crippen molar-refractivity contribution in [3.05, 3.63) is 58.6 Å². The van der Waals surface area contributed by atoms with Crippen LogP contribution < -0.4 is 11.0 Å². The van der Waals surface area contributed by atoms with Gasteiger partial charge in [-0.05, 0) is 45.9 Å². The highest BCUT2D eigenvalue weighted by Gasteiger charge is 2.55. The summed E-state index contributed by atoms with van der Waals surface area (Å²) in [5.41, 5.74) is -2.61. The molecule has 2 unspecified atom stereocenters. The van der Waals surface area contributed by atoms with Crippen molar-refractivity contribution >= 4 is 11.7 Å². The number of hydrogen-bond acceptors (Lipinski definition) is 8. The summed E-state index contributed by atoms with van der Waals surface area (Å²) in [6.45, 7) is 7.84. The molecule has 1 aliphatic rings. The Balaban J connectivity index is 1.88. The number of nitrogens with zero attached hydrogens (tertiary/aromatic N) is 3. The number of carbonyl (C=O) groups is 1. The molecule has 4 atom stereocenters. The Morgan fingerprint density at radius 3 is 2.46 bits per heavy atom. The molecule has 2 heterocycles. The molecule has 4 N–H and O–H groups in total. The first-order chi connectivity index (χ1) is 16.6. The van der Waals surface area contributed by atoms with Gasteiger partial charge in [0.15, 0.2) is 11.8 Å². The highest BCUT2D eigenvalue weighted by molar-refractivity contribution is 6.03. The average molecular weight is 485 g/mol. The van der Waals surface area contributed by atoms with E-state index in [1.54, 1.807) is 30.3 Å². The number of hydrogen-bond donors (Lipinski definition) is 4. The van der Waals surface area contributed by atoms with E-state index in [9.17, 15) is 24.9 Å². The van der Waals surface area contributed by atoms with E-state index >= 15 is 0 Å². The summed E-state index contributed by atoms with van der Waals surface area (Å²) >= 11 is 0. The lowest BCUT2D eigenvalue weighted by molar-refractivity contribution is -0.0765. The van der Waals surface area contributed by atoms with Crippen molar-refractivity contribution in [3.8, 4) is 11.8 Å². The number of nitrogens with one attached hydrogen (secondary N) is 1. The fraction of sp³-hybridized carbons (Fsp3) is 0.480. The van der Waals surface area contributed by atoms with Crippen molar-refractivity contribution < 1.29 is 24.9 Å². The molecule has 10 nitrogen and oxygen atoms in total. The minimum Gasteiger partial charge on any atom is -0.394 e. The fourth-order valence-corrected chi connectivity index (χ4v) is 4.00. The Labute approximate surface area is 204 Å². The van der Waals surface area contributed by atoms with Crippen molar-refractivity contribution in [2.75, 3.05) is 18.5 Å². The van der Waals surface area contributed by atoms with Crippen LogP contribution in [0.2, 0.25) is 0 Å². The minimum atomic E-state index is -2.17. The van der Waals surface area contributed by atoms with Gasteiger partial charge in [-0.1, -0.05) is 30.0 Å². The first-order valence-corrected chi connectivity index (χ1v) is 11.5. The third-order valence-corrected chi connectivity index (χ3v) is 5.90. The fourth-order valence-electron chi connectivity index (χ4n) is 4.00. The van der Waals surface area contributed by atoms with Gasteiger partial charge in [0.05, 0.1) is 13.2 Å². The van der Waals surface area contributed by atoms with Gasteiger partial charge in [0.1, 0.15) is 18.0 Å². The topological polar surface area (TPSA) is 137 Å². The Bertz CT molecular complexity index is 1130. The summed E-state index contributed by atoms with van der Waals surface area (Å²) in [7, 11) is 0. The van der Waals surface area contributed by atoms with E-state index in [0.29, 0.717) is 12.1 Å². The van der Waals surface area contributed by atoms with Crippen LogP contribution in [0.3, 0.4) is 0 Å². The molecule has 1 aliphatic heterocycles. The molecule has 188 valence electrons. The summed E-state index contributed by atoms with van der Waals surface area (Å²) in [4.78, 5) is 31.1. The van der Waals surface area contributed by atoms with Gasteiger partial charge in [-0.15, -0.1) is 0 Å². The van der Waals surface area contributed by atoms with Crippen molar-refractivity contribution in [1.82, 2.24) is 14.5 Å². The molecular weight excluding hydrogens is 452 g/mol. The van der Waals surface area contributed by atoms with Crippen LogP contribution >= 0.6 is 0 Å². The SMILES string of the molecule is CC(C)N(CC#CC1(O)C(O)[C@@H](CO)O[C@H]1n1ccc(NC(=O)c2ccccc2)nc1=O)C(C)C. The predicted octanol–water partition coefficient (Wildman–Crippen LogP) is 0.599. The molecule has 3 rings (SSSR count). The Hall–Kier alpha value is -3.07. The van der Waals surface area contributed by atoms with Crippen LogP contribution in [-0.2, 0) is 4.74 Å². The highest BCUT2D eigenvalue weighted by atomic mass is 16.6. The second-order valence-electron chi connectivity index (χ2n) is 8.96. The molecule has 1 saturated heterocycles. The second kappa shape index (κ2) is 11.1. The Morgan fingerprint density at radius 1 is 1.23 bits per heavy atom. The van der Waals surface area contributed by atoms with Crippen molar-refractivity contribution in [1.29, 1.82) is 0 Å². The standard InChI is InChI=1S/C25H32N4O6/c1-16(2)28(17(3)4)13-8-12-25(34)21(31)19(15-30)35-23(25)29-14-11-20(27-24(29)33)26-22(32)18-9-6-5-7-10-18/h5-7,9-11,14,16-17,19,21,23,30-31,34H,13,15H2,1-4H3,(H,26,27,32,33)/t19-,21?,23-,25?/m1/s1.